The van der Waals surface area contributed by atoms with Gasteiger partial charge in [0.15, 0.2) is 11.5 Å². The van der Waals surface area contributed by atoms with Gasteiger partial charge in [0, 0.05) is 46.4 Å². The number of carbonyl (C=O) groups excluding carboxylic acids is 2. The highest BCUT2D eigenvalue weighted by Gasteiger charge is 2.19. The Balaban J connectivity index is 1.74. The first-order chi connectivity index (χ1) is 18.8. The SMILES string of the molecule is COc1cc(OC)cc(C(=O)Nn2cc(C(=O)Nc3cc(OC)c(OC)c(OC)c3)c3ccccc3c2=O)c1. The third-order valence-electron chi connectivity index (χ3n) is 5.93. The predicted octanol–water partition coefficient (Wildman–Crippen LogP) is 3.68. The fraction of sp³-hybridized carbons (Fsp3) is 0.179. The van der Waals surface area contributed by atoms with Crippen LogP contribution in [0.4, 0.5) is 5.69 Å². The summed E-state index contributed by atoms with van der Waals surface area (Å²) in [6, 6.07) is 14.4. The molecule has 0 bridgehead atoms. The Kier molecular flexibility index (Phi) is 7.90. The molecule has 3 aromatic carbocycles. The highest BCUT2D eigenvalue weighted by molar-refractivity contribution is 6.13. The molecule has 11 nitrogen and oxygen atoms in total. The van der Waals surface area contributed by atoms with Crippen molar-refractivity contribution >= 4 is 28.3 Å². The van der Waals surface area contributed by atoms with Gasteiger partial charge < -0.3 is 29.0 Å². The van der Waals surface area contributed by atoms with Gasteiger partial charge in [-0.2, -0.15) is 0 Å². The first-order valence-electron chi connectivity index (χ1n) is 11.6. The molecule has 0 fully saturated rings. The number of hydrogen-bond acceptors (Lipinski definition) is 8. The second-order valence-corrected chi connectivity index (χ2v) is 8.17. The summed E-state index contributed by atoms with van der Waals surface area (Å²) < 4.78 is 27.5. The lowest BCUT2D eigenvalue weighted by Gasteiger charge is -2.16. The summed E-state index contributed by atoms with van der Waals surface area (Å²) >= 11 is 0. The lowest BCUT2D eigenvalue weighted by Crippen LogP contribution is -2.34. The van der Waals surface area contributed by atoms with Crippen molar-refractivity contribution in [1.82, 2.24) is 4.68 Å². The van der Waals surface area contributed by atoms with Crippen LogP contribution in [0.15, 0.2) is 65.6 Å². The molecule has 0 saturated carbocycles. The quantitative estimate of drug-likeness (QED) is 0.334. The van der Waals surface area contributed by atoms with E-state index in [9.17, 15) is 14.4 Å². The average molecular weight is 534 g/mol. The molecule has 4 aromatic rings. The molecule has 39 heavy (non-hydrogen) atoms. The van der Waals surface area contributed by atoms with Gasteiger partial charge in [0.1, 0.15) is 11.5 Å². The number of ether oxygens (including phenoxy) is 5. The number of amides is 2. The van der Waals surface area contributed by atoms with Crippen molar-refractivity contribution in [3.05, 3.63) is 82.3 Å². The summed E-state index contributed by atoms with van der Waals surface area (Å²) in [7, 11) is 7.33. The molecule has 0 aliphatic rings. The van der Waals surface area contributed by atoms with Gasteiger partial charge in [-0.15, -0.1) is 0 Å². The fourth-order valence-corrected chi connectivity index (χ4v) is 4.02. The van der Waals surface area contributed by atoms with Gasteiger partial charge in [-0.3, -0.25) is 19.8 Å². The molecule has 1 heterocycles. The van der Waals surface area contributed by atoms with Crippen LogP contribution in [0.2, 0.25) is 0 Å². The standard InChI is InChI=1S/C28H27N3O8/c1-35-18-10-16(11-19(14-18)36-2)26(32)30-31-15-22(20-8-6-7-9-21(20)28(31)34)27(33)29-17-12-23(37-3)25(39-5)24(13-17)38-4/h6-15H,1-5H3,(H,29,33)(H,30,32). The van der Waals surface area contributed by atoms with E-state index in [-0.39, 0.29) is 16.5 Å². The van der Waals surface area contributed by atoms with Crippen molar-refractivity contribution in [1.29, 1.82) is 0 Å². The van der Waals surface area contributed by atoms with E-state index in [1.165, 1.54) is 53.9 Å². The number of hydrogen-bond donors (Lipinski definition) is 2. The third kappa shape index (κ3) is 5.42. The molecular weight excluding hydrogens is 506 g/mol. The number of nitrogens with zero attached hydrogens (tertiary/aromatic N) is 1. The Morgan fingerprint density at radius 2 is 1.31 bits per heavy atom. The largest absolute Gasteiger partial charge is 0.497 e. The Morgan fingerprint density at radius 1 is 0.718 bits per heavy atom. The van der Waals surface area contributed by atoms with Crippen molar-refractivity contribution < 1.29 is 33.3 Å². The van der Waals surface area contributed by atoms with Crippen LogP contribution < -0.4 is 40.0 Å². The van der Waals surface area contributed by atoms with E-state index < -0.39 is 17.4 Å². The molecular formula is C28H27N3O8. The lowest BCUT2D eigenvalue weighted by molar-refractivity contribution is 0.0999. The molecule has 2 N–H and O–H groups in total. The maximum atomic E-state index is 13.5. The van der Waals surface area contributed by atoms with Gasteiger partial charge in [-0.05, 0) is 18.2 Å². The zero-order chi connectivity index (χ0) is 28.1. The van der Waals surface area contributed by atoms with Crippen LogP contribution >= 0.6 is 0 Å². The predicted molar refractivity (Wildman–Crippen MR) is 145 cm³/mol. The molecule has 0 saturated heterocycles. The minimum Gasteiger partial charge on any atom is -0.497 e. The van der Waals surface area contributed by atoms with Gasteiger partial charge in [-0.1, -0.05) is 18.2 Å². The number of nitrogens with one attached hydrogen (secondary N) is 2. The molecule has 0 unspecified atom stereocenters. The molecule has 202 valence electrons. The number of aromatic nitrogens is 1. The minimum atomic E-state index is -0.611. The second-order valence-electron chi connectivity index (χ2n) is 8.17. The van der Waals surface area contributed by atoms with Crippen LogP contribution in [0.3, 0.4) is 0 Å². The van der Waals surface area contributed by atoms with Gasteiger partial charge >= 0.3 is 0 Å². The monoisotopic (exact) mass is 533 g/mol. The van der Waals surface area contributed by atoms with E-state index in [4.69, 9.17) is 23.7 Å². The lowest BCUT2D eigenvalue weighted by atomic mass is 10.1. The van der Waals surface area contributed by atoms with Crippen LogP contribution in [0, 0.1) is 0 Å². The number of benzene rings is 3. The van der Waals surface area contributed by atoms with E-state index in [1.54, 1.807) is 42.5 Å². The number of methoxy groups -OCH3 is 5. The molecule has 11 heteroatoms. The molecule has 0 aliphatic carbocycles. The third-order valence-corrected chi connectivity index (χ3v) is 5.93. The number of pyridine rings is 1. The summed E-state index contributed by atoms with van der Waals surface area (Å²) in [5, 5.41) is 3.44. The van der Waals surface area contributed by atoms with Crippen molar-refractivity contribution in [3.63, 3.8) is 0 Å². The van der Waals surface area contributed by atoms with Crippen LogP contribution in [-0.4, -0.2) is 52.0 Å². The topological polar surface area (TPSA) is 126 Å². The zero-order valence-corrected chi connectivity index (χ0v) is 22.0. The smallest absolute Gasteiger partial charge is 0.277 e. The number of carbonyl (C=O) groups is 2. The molecule has 2 amide bonds. The minimum absolute atomic E-state index is 0.141. The van der Waals surface area contributed by atoms with Crippen LogP contribution in [0.1, 0.15) is 20.7 Å². The maximum absolute atomic E-state index is 13.5. The van der Waals surface area contributed by atoms with Crippen molar-refractivity contribution in [2.75, 3.05) is 46.3 Å². The van der Waals surface area contributed by atoms with Crippen LogP contribution in [0.25, 0.3) is 10.8 Å². The normalized spacial score (nSPS) is 10.5. The van der Waals surface area contributed by atoms with Crippen molar-refractivity contribution in [2.24, 2.45) is 0 Å². The van der Waals surface area contributed by atoms with Gasteiger partial charge in [0.05, 0.1) is 41.1 Å². The fourth-order valence-electron chi connectivity index (χ4n) is 4.02. The summed E-state index contributed by atoms with van der Waals surface area (Å²) in [5.74, 6) is 0.721. The molecule has 0 atom stereocenters. The number of anilines is 1. The van der Waals surface area contributed by atoms with Crippen molar-refractivity contribution in [3.8, 4) is 28.7 Å². The van der Waals surface area contributed by atoms with Crippen molar-refractivity contribution in [2.45, 2.75) is 0 Å². The first-order valence-corrected chi connectivity index (χ1v) is 11.6. The summed E-state index contributed by atoms with van der Waals surface area (Å²) in [5.41, 5.74) is 2.73. The highest BCUT2D eigenvalue weighted by Crippen LogP contribution is 2.40. The summed E-state index contributed by atoms with van der Waals surface area (Å²) in [6.45, 7) is 0. The van der Waals surface area contributed by atoms with E-state index in [1.807, 2.05) is 0 Å². The Hall–Kier alpha value is -5.19. The number of fused-ring (bicyclic) bond motifs is 1. The number of rotatable bonds is 9. The van der Waals surface area contributed by atoms with Crippen LogP contribution in [0.5, 0.6) is 28.7 Å². The Bertz CT molecular complexity index is 1570. The van der Waals surface area contributed by atoms with Gasteiger partial charge in [-0.25, -0.2) is 4.68 Å². The summed E-state index contributed by atoms with van der Waals surface area (Å²) in [4.78, 5) is 39.8. The van der Waals surface area contributed by atoms with Gasteiger partial charge in [0.25, 0.3) is 17.4 Å². The van der Waals surface area contributed by atoms with Gasteiger partial charge in [0.2, 0.25) is 5.75 Å². The maximum Gasteiger partial charge on any atom is 0.277 e. The highest BCUT2D eigenvalue weighted by atomic mass is 16.5. The molecule has 1 aromatic heterocycles. The molecule has 0 radical (unpaired) electrons. The second kappa shape index (κ2) is 11.5. The average Bonchev–Trinajstić information content (AvgIpc) is 2.97. The molecule has 4 rings (SSSR count). The molecule has 0 spiro atoms. The molecule has 0 aliphatic heterocycles. The van der Waals surface area contributed by atoms with Crippen LogP contribution in [-0.2, 0) is 0 Å². The van der Waals surface area contributed by atoms with E-state index in [0.717, 1.165) is 4.68 Å². The van der Waals surface area contributed by atoms with E-state index >= 15 is 0 Å². The van der Waals surface area contributed by atoms with E-state index in [2.05, 4.69) is 10.7 Å². The zero-order valence-electron chi connectivity index (χ0n) is 22.0. The Labute approximate surface area is 223 Å². The van der Waals surface area contributed by atoms with E-state index in [0.29, 0.717) is 39.8 Å². The Morgan fingerprint density at radius 3 is 1.85 bits per heavy atom. The summed E-state index contributed by atoms with van der Waals surface area (Å²) in [6.07, 6.45) is 1.27. The first kappa shape index (κ1) is 26.9.